The van der Waals surface area contributed by atoms with Gasteiger partial charge >= 0.3 is 0 Å². The number of rotatable bonds is 6. The summed E-state index contributed by atoms with van der Waals surface area (Å²) in [5.74, 6) is 1.92. The predicted molar refractivity (Wildman–Crippen MR) is 74.3 cm³/mol. The number of likely N-dealkylation sites (tertiary alicyclic amines) is 1. The van der Waals surface area contributed by atoms with Crippen LogP contribution in [0.1, 0.15) is 52.4 Å². The summed E-state index contributed by atoms with van der Waals surface area (Å²) in [6.07, 6.45) is 8.56. The fourth-order valence-corrected chi connectivity index (χ4v) is 3.24. The first kappa shape index (κ1) is 13.4. The molecule has 2 atom stereocenters. The van der Waals surface area contributed by atoms with Gasteiger partial charge in [-0.3, -0.25) is 0 Å². The minimum absolute atomic E-state index is 0.708. The lowest BCUT2D eigenvalue weighted by atomic mass is 9.83. The van der Waals surface area contributed by atoms with Gasteiger partial charge in [-0.05, 0) is 64.0 Å². The summed E-state index contributed by atoms with van der Waals surface area (Å²) >= 11 is 0. The fraction of sp³-hybridized carbons (Fsp3) is 1.00. The van der Waals surface area contributed by atoms with E-state index in [1.807, 2.05) is 0 Å². The van der Waals surface area contributed by atoms with Crippen LogP contribution in [0.4, 0.5) is 0 Å². The zero-order valence-corrected chi connectivity index (χ0v) is 11.8. The molecular weight excluding hydrogens is 208 g/mol. The Labute approximate surface area is 107 Å². The van der Waals surface area contributed by atoms with Crippen LogP contribution >= 0.6 is 0 Å². The predicted octanol–water partition coefficient (Wildman–Crippen LogP) is 2.89. The summed E-state index contributed by atoms with van der Waals surface area (Å²) in [5.41, 5.74) is 0. The van der Waals surface area contributed by atoms with E-state index in [1.165, 1.54) is 64.7 Å². The van der Waals surface area contributed by atoms with Crippen LogP contribution in [0.5, 0.6) is 0 Å². The summed E-state index contributed by atoms with van der Waals surface area (Å²) in [5, 5.41) is 3.68. The second kappa shape index (κ2) is 6.75. The van der Waals surface area contributed by atoms with Crippen molar-refractivity contribution in [1.29, 1.82) is 0 Å². The van der Waals surface area contributed by atoms with Crippen molar-refractivity contribution in [2.24, 2.45) is 11.8 Å². The Kier molecular flexibility index (Phi) is 5.30. The summed E-state index contributed by atoms with van der Waals surface area (Å²) in [4.78, 5) is 2.74. The standard InChI is InChI=1S/C15H30N2/c1-3-9-16-13(2)15-8-5-10-17(12-15)11-14-6-4-7-14/h13-16H,3-12H2,1-2H3. The average Bonchev–Trinajstić information content (AvgIpc) is 2.31. The normalized spacial score (nSPS) is 28.9. The lowest BCUT2D eigenvalue weighted by molar-refractivity contribution is 0.110. The van der Waals surface area contributed by atoms with Crippen molar-refractivity contribution in [3.8, 4) is 0 Å². The summed E-state index contributed by atoms with van der Waals surface area (Å²) in [6, 6.07) is 0.708. The van der Waals surface area contributed by atoms with Gasteiger partial charge in [0.05, 0.1) is 0 Å². The van der Waals surface area contributed by atoms with E-state index < -0.39 is 0 Å². The molecule has 0 aromatic carbocycles. The van der Waals surface area contributed by atoms with Gasteiger partial charge in [0.1, 0.15) is 0 Å². The van der Waals surface area contributed by atoms with Crippen molar-refractivity contribution < 1.29 is 0 Å². The maximum Gasteiger partial charge on any atom is 0.00792 e. The van der Waals surface area contributed by atoms with Crippen LogP contribution in [0.2, 0.25) is 0 Å². The lowest BCUT2D eigenvalue weighted by Crippen LogP contribution is -2.46. The average molecular weight is 238 g/mol. The molecule has 2 unspecified atom stereocenters. The summed E-state index contributed by atoms with van der Waals surface area (Å²) < 4.78 is 0. The zero-order valence-electron chi connectivity index (χ0n) is 11.8. The van der Waals surface area contributed by atoms with Crippen molar-refractivity contribution in [2.45, 2.75) is 58.4 Å². The van der Waals surface area contributed by atoms with E-state index in [0.29, 0.717) is 6.04 Å². The van der Waals surface area contributed by atoms with E-state index in [1.54, 1.807) is 0 Å². The van der Waals surface area contributed by atoms with Gasteiger partial charge in [-0.2, -0.15) is 0 Å². The zero-order chi connectivity index (χ0) is 12.1. The highest BCUT2D eigenvalue weighted by Crippen LogP contribution is 2.29. The van der Waals surface area contributed by atoms with Crippen LogP contribution in [0.15, 0.2) is 0 Å². The van der Waals surface area contributed by atoms with Crippen LogP contribution in [0, 0.1) is 11.8 Å². The molecule has 1 saturated heterocycles. The van der Waals surface area contributed by atoms with E-state index in [0.717, 1.165) is 11.8 Å². The summed E-state index contributed by atoms with van der Waals surface area (Å²) in [7, 11) is 0. The van der Waals surface area contributed by atoms with Gasteiger partial charge in [0, 0.05) is 19.1 Å². The van der Waals surface area contributed by atoms with Gasteiger partial charge in [0.2, 0.25) is 0 Å². The molecule has 100 valence electrons. The molecule has 0 spiro atoms. The third-order valence-electron chi connectivity index (χ3n) is 4.71. The molecule has 1 saturated carbocycles. The Morgan fingerprint density at radius 3 is 2.71 bits per heavy atom. The Morgan fingerprint density at radius 2 is 2.06 bits per heavy atom. The number of hydrogen-bond donors (Lipinski definition) is 1. The minimum atomic E-state index is 0.708. The second-order valence-corrected chi connectivity index (χ2v) is 6.20. The van der Waals surface area contributed by atoms with Crippen molar-refractivity contribution in [3.05, 3.63) is 0 Å². The van der Waals surface area contributed by atoms with E-state index >= 15 is 0 Å². The van der Waals surface area contributed by atoms with Gasteiger partial charge in [0.15, 0.2) is 0 Å². The van der Waals surface area contributed by atoms with Gasteiger partial charge in [-0.15, -0.1) is 0 Å². The molecule has 2 heteroatoms. The Balaban J connectivity index is 1.71. The number of nitrogens with one attached hydrogen (secondary N) is 1. The van der Waals surface area contributed by atoms with Crippen LogP contribution in [0.3, 0.4) is 0 Å². The lowest BCUT2D eigenvalue weighted by Gasteiger charge is -2.39. The first-order valence-corrected chi connectivity index (χ1v) is 7.75. The first-order chi connectivity index (χ1) is 8.29. The highest BCUT2D eigenvalue weighted by Gasteiger charge is 2.27. The Morgan fingerprint density at radius 1 is 1.24 bits per heavy atom. The molecule has 0 aromatic rings. The van der Waals surface area contributed by atoms with E-state index in [2.05, 4.69) is 24.1 Å². The van der Waals surface area contributed by atoms with E-state index in [9.17, 15) is 0 Å². The first-order valence-electron chi connectivity index (χ1n) is 7.75. The van der Waals surface area contributed by atoms with Crippen molar-refractivity contribution >= 4 is 0 Å². The molecule has 2 rings (SSSR count). The molecule has 1 aliphatic carbocycles. The van der Waals surface area contributed by atoms with Gasteiger partial charge in [0.25, 0.3) is 0 Å². The molecule has 2 aliphatic rings. The van der Waals surface area contributed by atoms with Crippen LogP contribution in [-0.2, 0) is 0 Å². The van der Waals surface area contributed by atoms with Crippen molar-refractivity contribution in [3.63, 3.8) is 0 Å². The molecule has 2 nitrogen and oxygen atoms in total. The topological polar surface area (TPSA) is 15.3 Å². The maximum absolute atomic E-state index is 3.68. The number of piperidine rings is 1. The number of nitrogens with zero attached hydrogens (tertiary/aromatic N) is 1. The molecule has 0 radical (unpaired) electrons. The van der Waals surface area contributed by atoms with Gasteiger partial charge in [-0.25, -0.2) is 0 Å². The van der Waals surface area contributed by atoms with E-state index in [-0.39, 0.29) is 0 Å². The summed E-state index contributed by atoms with van der Waals surface area (Å²) in [6.45, 7) is 9.90. The minimum Gasteiger partial charge on any atom is -0.314 e. The quantitative estimate of drug-likeness (QED) is 0.765. The van der Waals surface area contributed by atoms with Gasteiger partial charge < -0.3 is 10.2 Å². The smallest absolute Gasteiger partial charge is 0.00792 e. The molecule has 17 heavy (non-hydrogen) atoms. The highest BCUT2D eigenvalue weighted by molar-refractivity contribution is 4.82. The van der Waals surface area contributed by atoms with Crippen LogP contribution in [0.25, 0.3) is 0 Å². The van der Waals surface area contributed by atoms with Crippen LogP contribution < -0.4 is 5.32 Å². The molecule has 1 aliphatic heterocycles. The maximum atomic E-state index is 3.68. The Bertz CT molecular complexity index is 213. The third-order valence-corrected chi connectivity index (χ3v) is 4.71. The fourth-order valence-electron chi connectivity index (χ4n) is 3.24. The molecule has 0 aromatic heterocycles. The molecule has 0 amide bonds. The molecule has 2 fully saturated rings. The largest absolute Gasteiger partial charge is 0.314 e. The van der Waals surface area contributed by atoms with E-state index in [4.69, 9.17) is 0 Å². The second-order valence-electron chi connectivity index (χ2n) is 6.20. The number of hydrogen-bond acceptors (Lipinski definition) is 2. The highest BCUT2D eigenvalue weighted by atomic mass is 15.1. The third kappa shape index (κ3) is 3.96. The molecule has 1 N–H and O–H groups in total. The van der Waals surface area contributed by atoms with Crippen molar-refractivity contribution in [2.75, 3.05) is 26.2 Å². The molecule has 1 heterocycles. The van der Waals surface area contributed by atoms with Crippen LogP contribution in [-0.4, -0.2) is 37.1 Å². The SMILES string of the molecule is CCCNC(C)C1CCCN(CC2CCC2)C1. The monoisotopic (exact) mass is 238 g/mol. The molecular formula is C15H30N2. The van der Waals surface area contributed by atoms with Crippen molar-refractivity contribution in [1.82, 2.24) is 10.2 Å². The van der Waals surface area contributed by atoms with Gasteiger partial charge in [-0.1, -0.05) is 13.3 Å². The molecule has 0 bridgehead atoms. The Hall–Kier alpha value is -0.0800.